The van der Waals surface area contributed by atoms with Crippen LogP contribution in [0.4, 0.5) is 0 Å². The molecule has 1 unspecified atom stereocenters. The summed E-state index contributed by atoms with van der Waals surface area (Å²) in [6, 6.07) is 16.9. The van der Waals surface area contributed by atoms with Gasteiger partial charge in [0.1, 0.15) is 6.54 Å². The van der Waals surface area contributed by atoms with Crippen molar-refractivity contribution in [1.82, 2.24) is 14.8 Å². The number of aryl methyl sites for hydroxylation is 1. The number of fused-ring (bicyclic) bond motifs is 1. The summed E-state index contributed by atoms with van der Waals surface area (Å²) in [4.78, 5) is 34.4. The lowest BCUT2D eigenvalue weighted by atomic mass is 9.97. The molecule has 0 aliphatic heterocycles. The molecule has 5 nitrogen and oxygen atoms in total. The van der Waals surface area contributed by atoms with Gasteiger partial charge >= 0.3 is 0 Å². The summed E-state index contributed by atoms with van der Waals surface area (Å²) in [6.45, 7) is 7.69. The topological polar surface area (TPSA) is 56.4 Å². The van der Waals surface area contributed by atoms with E-state index in [1.165, 1.54) is 16.5 Å². The number of benzene rings is 2. The van der Waals surface area contributed by atoms with Gasteiger partial charge in [-0.25, -0.2) is 0 Å². The third-order valence-corrected chi connectivity index (χ3v) is 7.50. The Morgan fingerprint density at radius 1 is 1.06 bits per heavy atom. The van der Waals surface area contributed by atoms with Gasteiger partial charge in [-0.15, -0.1) is 0 Å². The molecule has 2 aromatic carbocycles. The van der Waals surface area contributed by atoms with Crippen LogP contribution in [0.15, 0.2) is 54.7 Å². The first-order chi connectivity index (χ1) is 17.5. The molecule has 1 aliphatic carbocycles. The van der Waals surface area contributed by atoms with Gasteiger partial charge in [-0.2, -0.15) is 0 Å². The third-order valence-electron chi connectivity index (χ3n) is 7.50. The molecule has 2 amide bonds. The maximum atomic E-state index is 13.7. The van der Waals surface area contributed by atoms with E-state index in [0.29, 0.717) is 13.1 Å². The minimum atomic E-state index is 0.0233. The Morgan fingerprint density at radius 3 is 2.50 bits per heavy atom. The number of unbranched alkanes of at least 4 members (excludes halogenated alkanes) is 1. The highest BCUT2D eigenvalue weighted by molar-refractivity contribution is 5.87. The number of carbonyl (C=O) groups excluding carboxylic acids is 2. The lowest BCUT2D eigenvalue weighted by Crippen LogP contribution is -2.46. The van der Waals surface area contributed by atoms with Crippen molar-refractivity contribution >= 4 is 22.7 Å². The number of aromatic nitrogens is 1. The Morgan fingerprint density at radius 2 is 1.81 bits per heavy atom. The van der Waals surface area contributed by atoms with Crippen molar-refractivity contribution in [3.63, 3.8) is 0 Å². The fraction of sp³-hybridized carbons (Fsp3) is 0.484. The van der Waals surface area contributed by atoms with Crippen molar-refractivity contribution < 1.29 is 9.59 Å². The summed E-state index contributed by atoms with van der Waals surface area (Å²) >= 11 is 0. The van der Waals surface area contributed by atoms with E-state index in [2.05, 4.69) is 74.4 Å². The first-order valence-electron chi connectivity index (χ1n) is 13.7. The first kappa shape index (κ1) is 26.0. The Kier molecular flexibility index (Phi) is 8.84. The van der Waals surface area contributed by atoms with Gasteiger partial charge in [-0.1, -0.05) is 74.7 Å². The van der Waals surface area contributed by atoms with Crippen LogP contribution in [0.3, 0.4) is 0 Å². The van der Waals surface area contributed by atoms with Gasteiger partial charge in [0, 0.05) is 42.1 Å². The van der Waals surface area contributed by atoms with Gasteiger partial charge in [-0.05, 0) is 56.2 Å². The molecular formula is C31H41N3O2. The van der Waals surface area contributed by atoms with Gasteiger partial charge in [-0.3, -0.25) is 9.59 Å². The highest BCUT2D eigenvalue weighted by Crippen LogP contribution is 2.30. The number of nitrogens with zero attached hydrogens (tertiary/aromatic N) is 2. The van der Waals surface area contributed by atoms with E-state index in [9.17, 15) is 9.59 Å². The summed E-state index contributed by atoms with van der Waals surface area (Å²) < 4.78 is 0. The van der Waals surface area contributed by atoms with E-state index in [4.69, 9.17) is 0 Å². The van der Waals surface area contributed by atoms with Crippen LogP contribution in [0, 0.1) is 12.8 Å². The molecule has 36 heavy (non-hydrogen) atoms. The standard InChI is InChI=1S/C31H41N3O2/c1-4-6-9-25(5-2)31(36)34(27-16-17-27)22-30(35)33(21-24-14-12-23(3)13-15-24)19-18-26-20-32-29-11-8-7-10-28(26)29/h7-8,10-15,20,25,27,32H,4-6,9,16-19,21-22H2,1-3H3. The number of para-hydroxylation sites is 1. The molecule has 1 aromatic heterocycles. The van der Waals surface area contributed by atoms with E-state index in [0.717, 1.165) is 56.0 Å². The molecule has 1 heterocycles. The number of amides is 2. The van der Waals surface area contributed by atoms with Gasteiger partial charge in [0.2, 0.25) is 11.8 Å². The molecule has 0 bridgehead atoms. The number of hydrogen-bond donors (Lipinski definition) is 1. The molecule has 1 aliphatic rings. The summed E-state index contributed by atoms with van der Waals surface area (Å²) in [5.74, 6) is 0.241. The zero-order valence-electron chi connectivity index (χ0n) is 22.1. The van der Waals surface area contributed by atoms with Crippen molar-refractivity contribution in [1.29, 1.82) is 0 Å². The predicted octanol–water partition coefficient (Wildman–Crippen LogP) is 6.26. The van der Waals surface area contributed by atoms with Crippen molar-refractivity contribution in [2.45, 2.75) is 78.3 Å². The largest absolute Gasteiger partial charge is 0.361 e. The van der Waals surface area contributed by atoms with Crippen LogP contribution in [0.1, 0.15) is 69.1 Å². The van der Waals surface area contributed by atoms with E-state index >= 15 is 0 Å². The van der Waals surface area contributed by atoms with Crippen LogP contribution in [-0.2, 0) is 22.6 Å². The average molecular weight is 488 g/mol. The average Bonchev–Trinajstić information content (AvgIpc) is 3.65. The lowest BCUT2D eigenvalue weighted by molar-refractivity contribution is -0.144. The zero-order valence-corrected chi connectivity index (χ0v) is 22.1. The molecule has 3 aromatic rings. The van der Waals surface area contributed by atoms with Crippen LogP contribution >= 0.6 is 0 Å². The smallest absolute Gasteiger partial charge is 0.242 e. The normalized spacial score (nSPS) is 14.1. The Hall–Kier alpha value is -3.08. The molecular weight excluding hydrogens is 446 g/mol. The molecule has 5 heteroatoms. The second-order valence-electron chi connectivity index (χ2n) is 10.4. The van der Waals surface area contributed by atoms with Crippen molar-refractivity contribution in [2.75, 3.05) is 13.1 Å². The number of H-pyrrole nitrogens is 1. The SMILES string of the molecule is CCCCC(CC)C(=O)N(CC(=O)N(CCc1c[nH]c2ccccc12)Cc1ccc(C)cc1)C1CC1. The number of aromatic amines is 1. The second kappa shape index (κ2) is 12.2. The fourth-order valence-corrected chi connectivity index (χ4v) is 5.01. The molecule has 192 valence electrons. The molecule has 1 fully saturated rings. The molecule has 0 saturated heterocycles. The van der Waals surface area contributed by atoms with E-state index < -0.39 is 0 Å². The fourth-order valence-electron chi connectivity index (χ4n) is 5.01. The summed E-state index contributed by atoms with van der Waals surface area (Å²) in [7, 11) is 0. The minimum absolute atomic E-state index is 0.0233. The zero-order chi connectivity index (χ0) is 25.5. The maximum absolute atomic E-state index is 13.7. The first-order valence-corrected chi connectivity index (χ1v) is 13.7. The number of nitrogens with one attached hydrogen (secondary N) is 1. The van der Waals surface area contributed by atoms with Gasteiger partial charge in [0.25, 0.3) is 0 Å². The van der Waals surface area contributed by atoms with E-state index in [-0.39, 0.29) is 30.3 Å². The highest BCUT2D eigenvalue weighted by Gasteiger charge is 2.37. The highest BCUT2D eigenvalue weighted by atomic mass is 16.2. The Bertz CT molecular complexity index is 1150. The van der Waals surface area contributed by atoms with Gasteiger partial charge in [0.05, 0.1) is 0 Å². The van der Waals surface area contributed by atoms with E-state index in [1.807, 2.05) is 15.9 Å². The Balaban J connectivity index is 1.50. The van der Waals surface area contributed by atoms with Crippen LogP contribution < -0.4 is 0 Å². The summed E-state index contributed by atoms with van der Waals surface area (Å²) in [5.41, 5.74) is 4.66. The van der Waals surface area contributed by atoms with Gasteiger partial charge in [0.15, 0.2) is 0 Å². The minimum Gasteiger partial charge on any atom is -0.361 e. The molecule has 4 rings (SSSR count). The van der Waals surface area contributed by atoms with Crippen LogP contribution in [-0.4, -0.2) is 45.7 Å². The summed E-state index contributed by atoms with van der Waals surface area (Å²) in [5, 5.41) is 1.21. The number of rotatable bonds is 13. The molecule has 0 radical (unpaired) electrons. The number of hydrogen-bond acceptors (Lipinski definition) is 2. The second-order valence-corrected chi connectivity index (χ2v) is 10.4. The van der Waals surface area contributed by atoms with E-state index in [1.54, 1.807) is 0 Å². The van der Waals surface area contributed by atoms with Crippen molar-refractivity contribution in [3.05, 3.63) is 71.4 Å². The Labute approximate surface area is 215 Å². The lowest BCUT2D eigenvalue weighted by Gasteiger charge is -2.30. The molecule has 1 N–H and O–H groups in total. The molecule has 1 atom stereocenters. The third kappa shape index (κ3) is 6.57. The van der Waals surface area contributed by atoms with Crippen molar-refractivity contribution in [3.8, 4) is 0 Å². The van der Waals surface area contributed by atoms with Gasteiger partial charge < -0.3 is 14.8 Å². The summed E-state index contributed by atoms with van der Waals surface area (Å²) in [6.07, 6.45) is 8.74. The van der Waals surface area contributed by atoms with Crippen LogP contribution in [0.5, 0.6) is 0 Å². The molecule has 0 spiro atoms. The van der Waals surface area contributed by atoms with Crippen LogP contribution in [0.2, 0.25) is 0 Å². The molecule has 1 saturated carbocycles. The quantitative estimate of drug-likeness (QED) is 0.310. The number of carbonyl (C=O) groups is 2. The predicted molar refractivity (Wildman–Crippen MR) is 147 cm³/mol. The van der Waals surface area contributed by atoms with Crippen molar-refractivity contribution in [2.24, 2.45) is 5.92 Å². The monoisotopic (exact) mass is 487 g/mol. The maximum Gasteiger partial charge on any atom is 0.242 e. The van der Waals surface area contributed by atoms with Crippen LogP contribution in [0.25, 0.3) is 10.9 Å².